The zero-order valence-electron chi connectivity index (χ0n) is 9.88. The van der Waals surface area contributed by atoms with E-state index < -0.39 is 12.2 Å². The molecule has 18 heavy (non-hydrogen) atoms. The lowest BCUT2D eigenvalue weighted by Gasteiger charge is -2.14. The van der Waals surface area contributed by atoms with Gasteiger partial charge in [0, 0.05) is 24.4 Å². The summed E-state index contributed by atoms with van der Waals surface area (Å²) in [4.78, 5) is 14.6. The van der Waals surface area contributed by atoms with Crippen LogP contribution in [0.15, 0.2) is 15.9 Å². The molecule has 2 heterocycles. The number of halogens is 1. The van der Waals surface area contributed by atoms with E-state index in [1.807, 2.05) is 6.07 Å². The predicted octanol–water partition coefficient (Wildman–Crippen LogP) is 1.40. The average molecular weight is 334 g/mol. The molecule has 6 heteroatoms. The van der Waals surface area contributed by atoms with Gasteiger partial charge in [-0.2, -0.15) is 0 Å². The average Bonchev–Trinajstić information content (AvgIpc) is 2.87. The van der Waals surface area contributed by atoms with Crippen molar-refractivity contribution < 1.29 is 15.0 Å². The first-order valence-electron chi connectivity index (χ1n) is 5.94. The van der Waals surface area contributed by atoms with Gasteiger partial charge in [-0.1, -0.05) is 0 Å². The van der Waals surface area contributed by atoms with Gasteiger partial charge in [-0.25, -0.2) is 0 Å². The Morgan fingerprint density at radius 2 is 2.06 bits per heavy atom. The molecule has 2 unspecified atom stereocenters. The maximum absolute atomic E-state index is 11.8. The van der Waals surface area contributed by atoms with E-state index in [9.17, 15) is 15.0 Å². The van der Waals surface area contributed by atoms with Gasteiger partial charge < -0.3 is 15.1 Å². The molecule has 2 rings (SSSR count). The molecular weight excluding hydrogens is 318 g/mol. The van der Waals surface area contributed by atoms with Crippen LogP contribution < -0.4 is 0 Å². The number of hydrogen-bond donors (Lipinski definition) is 2. The highest BCUT2D eigenvalue weighted by Crippen LogP contribution is 2.23. The second-order valence-electron chi connectivity index (χ2n) is 4.49. The summed E-state index contributed by atoms with van der Waals surface area (Å²) in [5.41, 5.74) is 0. The lowest BCUT2D eigenvalue weighted by atomic mass is 10.2. The van der Waals surface area contributed by atoms with Crippen molar-refractivity contribution >= 4 is 33.2 Å². The molecular formula is C12H16BrNO3S. The minimum atomic E-state index is -0.790. The van der Waals surface area contributed by atoms with E-state index in [0.29, 0.717) is 6.42 Å². The number of thiophene rings is 1. The van der Waals surface area contributed by atoms with E-state index in [1.54, 1.807) is 16.2 Å². The Hall–Kier alpha value is -0.430. The van der Waals surface area contributed by atoms with E-state index in [2.05, 4.69) is 22.0 Å². The Morgan fingerprint density at radius 3 is 2.61 bits per heavy atom. The molecule has 1 aromatic heterocycles. The molecule has 1 saturated heterocycles. The van der Waals surface area contributed by atoms with Gasteiger partial charge in [-0.05, 0) is 40.9 Å². The number of aliphatic hydroxyl groups is 2. The van der Waals surface area contributed by atoms with Crippen LogP contribution in [-0.4, -0.2) is 46.3 Å². The number of aryl methyl sites for hydroxylation is 1. The molecule has 0 spiro atoms. The summed E-state index contributed by atoms with van der Waals surface area (Å²) in [7, 11) is 0. The number of nitrogens with zero attached hydrogens (tertiary/aromatic N) is 1. The van der Waals surface area contributed by atoms with E-state index in [-0.39, 0.29) is 19.0 Å². The fourth-order valence-corrected chi connectivity index (χ4v) is 3.56. The Morgan fingerprint density at radius 1 is 1.39 bits per heavy atom. The molecule has 1 aliphatic heterocycles. The number of rotatable bonds is 4. The Labute approximate surface area is 118 Å². The van der Waals surface area contributed by atoms with Crippen molar-refractivity contribution in [2.24, 2.45) is 0 Å². The maximum Gasteiger partial charge on any atom is 0.222 e. The topological polar surface area (TPSA) is 60.8 Å². The van der Waals surface area contributed by atoms with Crippen LogP contribution in [-0.2, 0) is 11.2 Å². The molecule has 1 aromatic rings. The third-order valence-corrected chi connectivity index (χ3v) is 4.74. The minimum absolute atomic E-state index is 0.0150. The summed E-state index contributed by atoms with van der Waals surface area (Å²) in [6.45, 7) is 0.509. The van der Waals surface area contributed by atoms with Crippen LogP contribution in [0.2, 0.25) is 0 Å². The molecule has 0 radical (unpaired) electrons. The monoisotopic (exact) mass is 333 g/mol. The molecule has 1 amide bonds. The molecule has 100 valence electrons. The lowest BCUT2D eigenvalue weighted by Crippen LogP contribution is -2.29. The molecule has 0 aromatic carbocycles. The van der Waals surface area contributed by atoms with Crippen molar-refractivity contribution in [3.63, 3.8) is 0 Å². The highest BCUT2D eigenvalue weighted by molar-refractivity contribution is 9.11. The van der Waals surface area contributed by atoms with Gasteiger partial charge in [0.25, 0.3) is 0 Å². The quantitative estimate of drug-likeness (QED) is 0.875. The Kier molecular flexibility index (Phi) is 4.77. The van der Waals surface area contributed by atoms with Gasteiger partial charge >= 0.3 is 0 Å². The fourth-order valence-electron chi connectivity index (χ4n) is 2.03. The summed E-state index contributed by atoms with van der Waals surface area (Å²) in [5, 5.41) is 18.8. The highest BCUT2D eigenvalue weighted by Gasteiger charge is 2.31. The second kappa shape index (κ2) is 6.14. The third kappa shape index (κ3) is 3.54. The van der Waals surface area contributed by atoms with Gasteiger partial charge in [0.15, 0.2) is 0 Å². The van der Waals surface area contributed by atoms with E-state index >= 15 is 0 Å². The number of amides is 1. The molecule has 2 N–H and O–H groups in total. The van der Waals surface area contributed by atoms with Gasteiger partial charge in [-0.15, -0.1) is 11.3 Å². The smallest absolute Gasteiger partial charge is 0.222 e. The van der Waals surface area contributed by atoms with Gasteiger partial charge in [0.2, 0.25) is 5.91 Å². The first-order chi connectivity index (χ1) is 8.56. The summed E-state index contributed by atoms with van der Waals surface area (Å²) in [6, 6.07) is 4.07. The molecule has 0 saturated carbocycles. The standard InChI is InChI=1S/C12H16BrNO3S/c13-11-5-4-8(18-11)2-1-3-12(17)14-6-9(15)10(16)7-14/h4-5,9-10,15-16H,1-3,6-7H2. The fraction of sp³-hybridized carbons (Fsp3) is 0.583. The zero-order valence-corrected chi connectivity index (χ0v) is 12.3. The first-order valence-corrected chi connectivity index (χ1v) is 7.55. The summed E-state index contributed by atoms with van der Waals surface area (Å²) in [6.07, 6.45) is 0.578. The van der Waals surface area contributed by atoms with Crippen molar-refractivity contribution in [2.45, 2.75) is 31.5 Å². The van der Waals surface area contributed by atoms with Crippen molar-refractivity contribution in [3.05, 3.63) is 20.8 Å². The number of aliphatic hydroxyl groups excluding tert-OH is 2. The summed E-state index contributed by atoms with van der Waals surface area (Å²) < 4.78 is 1.11. The number of carbonyl (C=O) groups excluding carboxylic acids is 1. The van der Waals surface area contributed by atoms with E-state index in [0.717, 1.165) is 16.6 Å². The number of hydrogen-bond acceptors (Lipinski definition) is 4. The van der Waals surface area contributed by atoms with Crippen LogP contribution in [0.5, 0.6) is 0 Å². The van der Waals surface area contributed by atoms with Crippen LogP contribution >= 0.6 is 27.3 Å². The van der Waals surface area contributed by atoms with Crippen molar-refractivity contribution in [3.8, 4) is 0 Å². The minimum Gasteiger partial charge on any atom is -0.388 e. The van der Waals surface area contributed by atoms with Crippen molar-refractivity contribution in [2.75, 3.05) is 13.1 Å². The summed E-state index contributed by atoms with van der Waals surface area (Å²) in [5.74, 6) is 0.0150. The maximum atomic E-state index is 11.8. The second-order valence-corrected chi connectivity index (χ2v) is 7.04. The lowest BCUT2D eigenvalue weighted by molar-refractivity contribution is -0.130. The molecule has 1 fully saturated rings. The Bertz CT molecular complexity index is 413. The molecule has 0 bridgehead atoms. The number of β-amino-alcohol motifs (C(OH)–C–C–N with tert-alkyl or cyclic N) is 2. The molecule has 1 aliphatic rings. The van der Waals surface area contributed by atoms with Crippen LogP contribution in [0.4, 0.5) is 0 Å². The van der Waals surface area contributed by atoms with Crippen LogP contribution in [0.1, 0.15) is 17.7 Å². The van der Waals surface area contributed by atoms with Gasteiger partial charge in [0.05, 0.1) is 16.0 Å². The van der Waals surface area contributed by atoms with E-state index in [1.165, 1.54) is 4.88 Å². The number of likely N-dealkylation sites (tertiary alicyclic amines) is 1. The largest absolute Gasteiger partial charge is 0.388 e. The van der Waals surface area contributed by atoms with Crippen LogP contribution in [0.3, 0.4) is 0 Å². The molecule has 0 aliphatic carbocycles. The van der Waals surface area contributed by atoms with Gasteiger partial charge in [0.1, 0.15) is 0 Å². The Balaban J connectivity index is 1.72. The first kappa shape index (κ1) is 14.0. The third-order valence-electron chi connectivity index (χ3n) is 3.05. The van der Waals surface area contributed by atoms with Crippen LogP contribution in [0.25, 0.3) is 0 Å². The molecule has 4 nitrogen and oxygen atoms in total. The predicted molar refractivity (Wildman–Crippen MR) is 73.6 cm³/mol. The normalized spacial score (nSPS) is 23.6. The number of carbonyl (C=O) groups is 1. The SMILES string of the molecule is O=C(CCCc1ccc(Br)s1)N1CC(O)C(O)C1. The van der Waals surface area contributed by atoms with Crippen LogP contribution in [0, 0.1) is 0 Å². The van der Waals surface area contributed by atoms with Crippen molar-refractivity contribution in [1.29, 1.82) is 0 Å². The highest BCUT2D eigenvalue weighted by atomic mass is 79.9. The summed E-state index contributed by atoms with van der Waals surface area (Å²) >= 11 is 5.09. The zero-order chi connectivity index (χ0) is 13.1. The van der Waals surface area contributed by atoms with Crippen molar-refractivity contribution in [1.82, 2.24) is 4.90 Å². The van der Waals surface area contributed by atoms with E-state index in [4.69, 9.17) is 0 Å². The van der Waals surface area contributed by atoms with Gasteiger partial charge in [-0.3, -0.25) is 4.79 Å². The molecule has 2 atom stereocenters.